The van der Waals surface area contributed by atoms with Gasteiger partial charge in [0, 0.05) is 18.4 Å². The number of nitriles is 1. The first kappa shape index (κ1) is 12.9. The highest BCUT2D eigenvalue weighted by atomic mass is 16.5. The van der Waals surface area contributed by atoms with Gasteiger partial charge in [-0.05, 0) is 12.5 Å². The van der Waals surface area contributed by atoms with Crippen LogP contribution in [0.5, 0.6) is 0 Å². The van der Waals surface area contributed by atoms with Crippen molar-refractivity contribution in [2.75, 3.05) is 7.11 Å². The van der Waals surface area contributed by atoms with Crippen LogP contribution < -0.4 is 0 Å². The summed E-state index contributed by atoms with van der Waals surface area (Å²) in [6.45, 7) is 0. The molecule has 0 aromatic heterocycles. The van der Waals surface area contributed by atoms with Crippen LogP contribution in [0.15, 0.2) is 24.3 Å². The van der Waals surface area contributed by atoms with Crippen molar-refractivity contribution < 1.29 is 14.3 Å². The van der Waals surface area contributed by atoms with Crippen LogP contribution in [0.2, 0.25) is 0 Å². The summed E-state index contributed by atoms with van der Waals surface area (Å²) in [7, 11) is 1.31. The average Bonchev–Trinajstić information content (AvgIpc) is 2.38. The van der Waals surface area contributed by atoms with Gasteiger partial charge in [0.1, 0.15) is 0 Å². The van der Waals surface area contributed by atoms with E-state index in [9.17, 15) is 9.59 Å². The van der Waals surface area contributed by atoms with Gasteiger partial charge in [0.15, 0.2) is 5.78 Å². The number of hydrogen-bond donors (Lipinski definition) is 0. The second kappa shape index (κ2) is 6.44. The van der Waals surface area contributed by atoms with Crippen LogP contribution in [-0.4, -0.2) is 18.9 Å². The molecule has 4 heteroatoms. The van der Waals surface area contributed by atoms with Crippen molar-refractivity contribution in [2.45, 2.75) is 19.3 Å². The summed E-state index contributed by atoms with van der Waals surface area (Å²) in [5, 5.41) is 8.84. The number of benzene rings is 1. The topological polar surface area (TPSA) is 67.2 Å². The molecule has 0 heterocycles. The van der Waals surface area contributed by atoms with Crippen molar-refractivity contribution >= 4 is 11.8 Å². The molecule has 0 aliphatic heterocycles. The molecule has 0 N–H and O–H groups in total. The largest absolute Gasteiger partial charge is 0.469 e. The van der Waals surface area contributed by atoms with Crippen molar-refractivity contribution in [3.8, 4) is 6.07 Å². The molecule has 0 amide bonds. The number of methoxy groups -OCH3 is 1. The number of ether oxygens (including phenoxy) is 1. The van der Waals surface area contributed by atoms with E-state index < -0.39 is 0 Å². The molecule has 0 fully saturated rings. The number of hydrogen-bond acceptors (Lipinski definition) is 4. The highest BCUT2D eigenvalue weighted by Crippen LogP contribution is 2.12. The lowest BCUT2D eigenvalue weighted by molar-refractivity contribution is -0.140. The van der Waals surface area contributed by atoms with Crippen molar-refractivity contribution in [1.29, 1.82) is 5.26 Å². The lowest BCUT2D eigenvalue weighted by Gasteiger charge is -2.02. The van der Waals surface area contributed by atoms with Crippen LogP contribution in [0.4, 0.5) is 0 Å². The highest BCUT2D eigenvalue weighted by molar-refractivity contribution is 5.98. The zero-order chi connectivity index (χ0) is 12.7. The number of rotatable bonds is 5. The van der Waals surface area contributed by atoms with E-state index >= 15 is 0 Å². The van der Waals surface area contributed by atoms with E-state index in [-0.39, 0.29) is 24.6 Å². The van der Waals surface area contributed by atoms with Crippen LogP contribution in [0.25, 0.3) is 0 Å². The second-order valence-electron chi connectivity index (χ2n) is 3.51. The second-order valence-corrected chi connectivity index (χ2v) is 3.51. The Kier molecular flexibility index (Phi) is 4.89. The summed E-state index contributed by atoms with van der Waals surface area (Å²) in [6, 6.07) is 8.63. The molecule has 0 saturated carbocycles. The monoisotopic (exact) mass is 231 g/mol. The predicted octanol–water partition coefficient (Wildman–Crippen LogP) is 2.08. The van der Waals surface area contributed by atoms with Crippen molar-refractivity contribution in [2.24, 2.45) is 0 Å². The molecular weight excluding hydrogens is 218 g/mol. The van der Waals surface area contributed by atoms with Crippen molar-refractivity contribution in [3.05, 3.63) is 35.4 Å². The van der Waals surface area contributed by atoms with Gasteiger partial charge in [0.2, 0.25) is 0 Å². The summed E-state index contributed by atoms with van der Waals surface area (Å²) in [5.41, 5.74) is 0.787. The smallest absolute Gasteiger partial charge is 0.305 e. The summed E-state index contributed by atoms with van der Waals surface area (Å²) < 4.78 is 4.48. The number of nitrogens with zero attached hydrogens (tertiary/aromatic N) is 1. The molecule has 88 valence electrons. The Morgan fingerprint density at radius 3 is 2.65 bits per heavy atom. The van der Waals surface area contributed by atoms with E-state index in [1.165, 1.54) is 7.11 Å². The van der Waals surface area contributed by atoms with Crippen LogP contribution >= 0.6 is 0 Å². The lowest BCUT2D eigenvalue weighted by atomic mass is 10.0. The van der Waals surface area contributed by atoms with Crippen molar-refractivity contribution in [1.82, 2.24) is 0 Å². The van der Waals surface area contributed by atoms with Gasteiger partial charge in [0.25, 0.3) is 0 Å². The fourth-order valence-corrected chi connectivity index (χ4v) is 1.45. The minimum atomic E-state index is -0.327. The fraction of sp³-hybridized carbons (Fsp3) is 0.308. The Labute approximate surface area is 99.8 Å². The molecule has 0 radical (unpaired) electrons. The molecule has 0 aliphatic carbocycles. The molecule has 1 rings (SSSR count). The maximum Gasteiger partial charge on any atom is 0.305 e. The summed E-state index contributed by atoms with van der Waals surface area (Å²) in [4.78, 5) is 22.7. The highest BCUT2D eigenvalue weighted by Gasteiger charge is 2.11. The first-order valence-corrected chi connectivity index (χ1v) is 5.28. The molecule has 1 aromatic carbocycles. The maximum atomic E-state index is 11.8. The zero-order valence-corrected chi connectivity index (χ0v) is 9.60. The van der Waals surface area contributed by atoms with E-state index in [1.807, 2.05) is 6.07 Å². The number of ketones is 1. The molecule has 0 bridgehead atoms. The summed E-state index contributed by atoms with van der Waals surface area (Å²) in [5.74, 6) is -0.447. The summed E-state index contributed by atoms with van der Waals surface area (Å²) >= 11 is 0. The SMILES string of the molecule is COC(=O)CCCC(=O)c1ccccc1C#N. The molecular formula is C13H13NO3. The van der Waals surface area contributed by atoms with E-state index in [1.54, 1.807) is 24.3 Å². The van der Waals surface area contributed by atoms with Crippen LogP contribution in [0.1, 0.15) is 35.2 Å². The van der Waals surface area contributed by atoms with Gasteiger partial charge in [-0.15, -0.1) is 0 Å². The molecule has 4 nitrogen and oxygen atoms in total. The average molecular weight is 231 g/mol. The van der Waals surface area contributed by atoms with Crippen molar-refractivity contribution in [3.63, 3.8) is 0 Å². The molecule has 0 saturated heterocycles. The Bertz CT molecular complexity index is 460. The van der Waals surface area contributed by atoms with Gasteiger partial charge in [-0.3, -0.25) is 9.59 Å². The Balaban J connectivity index is 2.59. The summed E-state index contributed by atoms with van der Waals surface area (Å²) in [6.07, 6.45) is 0.899. The lowest BCUT2D eigenvalue weighted by Crippen LogP contribution is -2.05. The Morgan fingerprint density at radius 2 is 2.00 bits per heavy atom. The van der Waals surface area contributed by atoms with Gasteiger partial charge in [-0.1, -0.05) is 18.2 Å². The van der Waals surface area contributed by atoms with Crippen LogP contribution in [-0.2, 0) is 9.53 Å². The number of esters is 1. The standard InChI is InChI=1S/C13H13NO3/c1-17-13(16)8-4-7-12(15)11-6-3-2-5-10(11)9-14/h2-3,5-6H,4,7-8H2,1H3. The van der Waals surface area contributed by atoms with Crippen LogP contribution in [0.3, 0.4) is 0 Å². The van der Waals surface area contributed by atoms with Gasteiger partial charge < -0.3 is 4.74 Å². The van der Waals surface area contributed by atoms with E-state index in [0.29, 0.717) is 17.5 Å². The number of carbonyl (C=O) groups excluding carboxylic acids is 2. The van der Waals surface area contributed by atoms with Gasteiger partial charge in [-0.2, -0.15) is 5.26 Å². The third-order valence-electron chi connectivity index (χ3n) is 2.36. The minimum absolute atomic E-state index is 0.119. The first-order chi connectivity index (χ1) is 8.19. The van der Waals surface area contributed by atoms with Gasteiger partial charge >= 0.3 is 5.97 Å². The third kappa shape index (κ3) is 3.72. The van der Waals surface area contributed by atoms with E-state index in [0.717, 1.165) is 0 Å². The minimum Gasteiger partial charge on any atom is -0.469 e. The predicted molar refractivity (Wildman–Crippen MR) is 61.4 cm³/mol. The van der Waals surface area contributed by atoms with Gasteiger partial charge in [-0.25, -0.2) is 0 Å². The molecule has 0 spiro atoms. The molecule has 0 atom stereocenters. The molecule has 0 unspecified atom stereocenters. The van der Waals surface area contributed by atoms with Gasteiger partial charge in [0.05, 0.1) is 18.7 Å². The van der Waals surface area contributed by atoms with Crippen LogP contribution in [0, 0.1) is 11.3 Å². The van der Waals surface area contributed by atoms with E-state index in [4.69, 9.17) is 5.26 Å². The fourth-order valence-electron chi connectivity index (χ4n) is 1.45. The Morgan fingerprint density at radius 1 is 1.29 bits per heavy atom. The zero-order valence-electron chi connectivity index (χ0n) is 9.60. The third-order valence-corrected chi connectivity index (χ3v) is 2.36. The normalized spacial score (nSPS) is 9.41. The number of carbonyl (C=O) groups is 2. The first-order valence-electron chi connectivity index (χ1n) is 5.28. The molecule has 17 heavy (non-hydrogen) atoms. The maximum absolute atomic E-state index is 11.8. The molecule has 0 aliphatic rings. The Hall–Kier alpha value is -2.15. The number of Topliss-reactive ketones (excluding diaryl/α,β-unsaturated/α-hetero) is 1. The van der Waals surface area contributed by atoms with E-state index in [2.05, 4.69) is 4.74 Å². The molecule has 1 aromatic rings. The quantitative estimate of drug-likeness (QED) is 0.574.